The predicted octanol–water partition coefficient (Wildman–Crippen LogP) is 6.59. The summed E-state index contributed by atoms with van der Waals surface area (Å²) in [6.07, 6.45) is -1.72. The molecule has 0 unspecified atom stereocenters. The number of fused-ring (bicyclic) bond motifs is 2. The van der Waals surface area contributed by atoms with Crippen molar-refractivity contribution in [3.63, 3.8) is 0 Å². The SMILES string of the molecule is Cc1c(CN2CCC(Nc3ncnc4sc(CC(F)(F)F)cc34)CC2)ccc2c1cc(C#N)n2CP(C)(C)=O. The van der Waals surface area contributed by atoms with Crippen LogP contribution < -0.4 is 5.32 Å². The molecule has 0 saturated carbocycles. The first-order valence-corrected chi connectivity index (χ1v) is 16.4. The van der Waals surface area contributed by atoms with E-state index in [1.54, 1.807) is 19.4 Å². The van der Waals surface area contributed by atoms with Gasteiger partial charge in [0.05, 0.1) is 18.1 Å². The van der Waals surface area contributed by atoms with Crippen molar-refractivity contribution in [1.82, 2.24) is 19.4 Å². The maximum Gasteiger partial charge on any atom is 0.393 e. The summed E-state index contributed by atoms with van der Waals surface area (Å²) in [6.45, 7) is 8.06. The molecular formula is C27H30F3N6OPS. The Labute approximate surface area is 229 Å². The Morgan fingerprint density at radius 3 is 2.59 bits per heavy atom. The monoisotopic (exact) mass is 574 g/mol. The second-order valence-corrected chi connectivity index (χ2v) is 15.3. The Balaban J connectivity index is 1.25. The fourth-order valence-corrected chi connectivity index (χ4v) is 7.27. The zero-order valence-corrected chi connectivity index (χ0v) is 23.8. The van der Waals surface area contributed by atoms with Gasteiger partial charge in [-0.05, 0) is 62.4 Å². The number of aryl methyl sites for hydroxylation is 1. The molecule has 0 spiro atoms. The van der Waals surface area contributed by atoms with E-state index in [0.29, 0.717) is 28.0 Å². The molecule has 0 atom stereocenters. The van der Waals surface area contributed by atoms with E-state index in [1.165, 1.54) is 11.9 Å². The number of nitrogens with one attached hydrogen (secondary N) is 1. The van der Waals surface area contributed by atoms with Crippen LogP contribution in [0.2, 0.25) is 0 Å². The van der Waals surface area contributed by atoms with Crippen molar-refractivity contribution in [2.45, 2.75) is 51.2 Å². The van der Waals surface area contributed by atoms with Crippen molar-refractivity contribution in [3.8, 4) is 6.07 Å². The summed E-state index contributed by atoms with van der Waals surface area (Å²) in [7, 11) is -2.36. The highest BCUT2D eigenvalue weighted by molar-refractivity contribution is 7.61. The Hall–Kier alpha value is -2.93. The highest BCUT2D eigenvalue weighted by atomic mass is 32.1. The van der Waals surface area contributed by atoms with Gasteiger partial charge in [-0.25, -0.2) is 9.97 Å². The Morgan fingerprint density at radius 2 is 1.92 bits per heavy atom. The van der Waals surface area contributed by atoms with Crippen LogP contribution in [0.4, 0.5) is 19.0 Å². The third-order valence-electron chi connectivity index (χ3n) is 7.14. The lowest BCUT2D eigenvalue weighted by Gasteiger charge is -2.33. The van der Waals surface area contributed by atoms with Gasteiger partial charge < -0.3 is 14.4 Å². The minimum Gasteiger partial charge on any atom is -0.367 e. The van der Waals surface area contributed by atoms with Crippen molar-refractivity contribution >= 4 is 45.4 Å². The molecule has 1 aromatic carbocycles. The van der Waals surface area contributed by atoms with Crippen LogP contribution >= 0.6 is 18.5 Å². The third kappa shape index (κ3) is 6.29. The molecule has 0 radical (unpaired) electrons. The standard InChI is InChI=1S/C27H30F3N6OPS/c1-17-18(4-5-24-22(17)10-20(13-31)36(24)16-38(2,3)37)14-35-8-6-19(7-9-35)34-25-23-11-21(12-27(28,29)30)39-26(23)33-15-32-25/h4-5,10-11,15,19H,6-9,12,14,16H2,1-3H3,(H,32,33,34). The minimum atomic E-state index is -4.26. The van der Waals surface area contributed by atoms with Gasteiger partial charge in [0, 0.05) is 41.5 Å². The van der Waals surface area contributed by atoms with Crippen molar-refractivity contribution < 1.29 is 17.7 Å². The van der Waals surface area contributed by atoms with E-state index < -0.39 is 19.7 Å². The first-order chi connectivity index (χ1) is 18.4. The number of benzene rings is 1. The highest BCUT2D eigenvalue weighted by Gasteiger charge is 2.29. The molecule has 0 amide bonds. The summed E-state index contributed by atoms with van der Waals surface area (Å²) >= 11 is 1.06. The van der Waals surface area contributed by atoms with Gasteiger partial charge in [0.25, 0.3) is 0 Å². The van der Waals surface area contributed by atoms with Crippen molar-refractivity contribution in [2.24, 2.45) is 0 Å². The normalized spacial score (nSPS) is 15.7. The fourth-order valence-electron chi connectivity index (χ4n) is 5.25. The third-order valence-corrected chi connectivity index (χ3v) is 9.15. The van der Waals surface area contributed by atoms with Gasteiger partial charge in [-0.2, -0.15) is 18.4 Å². The van der Waals surface area contributed by atoms with E-state index in [9.17, 15) is 23.0 Å². The topological polar surface area (TPSA) is 86.8 Å². The van der Waals surface area contributed by atoms with Gasteiger partial charge in [0.2, 0.25) is 0 Å². The second-order valence-electron chi connectivity index (χ2n) is 10.7. The Bertz CT molecular complexity index is 1610. The number of nitriles is 1. The van der Waals surface area contributed by atoms with Crippen LogP contribution in [0.15, 0.2) is 30.6 Å². The largest absolute Gasteiger partial charge is 0.393 e. The first-order valence-electron chi connectivity index (χ1n) is 12.7. The zero-order valence-electron chi connectivity index (χ0n) is 22.0. The Morgan fingerprint density at radius 1 is 1.18 bits per heavy atom. The van der Waals surface area contributed by atoms with Crippen LogP contribution in [-0.4, -0.2) is 58.1 Å². The molecule has 206 valence electrons. The molecule has 1 saturated heterocycles. The predicted molar refractivity (Wildman–Crippen MR) is 150 cm³/mol. The lowest BCUT2D eigenvalue weighted by Crippen LogP contribution is -2.39. The van der Waals surface area contributed by atoms with E-state index in [0.717, 1.165) is 60.3 Å². The number of hydrogen-bond donors (Lipinski definition) is 1. The van der Waals surface area contributed by atoms with Gasteiger partial charge in [0.15, 0.2) is 0 Å². The van der Waals surface area contributed by atoms with E-state index in [4.69, 9.17) is 0 Å². The maximum atomic E-state index is 12.9. The van der Waals surface area contributed by atoms with Gasteiger partial charge in [-0.1, -0.05) is 6.07 Å². The van der Waals surface area contributed by atoms with Crippen LogP contribution in [-0.2, 0) is 23.8 Å². The van der Waals surface area contributed by atoms with Gasteiger partial charge in [0.1, 0.15) is 35.9 Å². The summed E-state index contributed by atoms with van der Waals surface area (Å²) in [6, 6.07) is 9.99. The van der Waals surface area contributed by atoms with Crippen LogP contribution in [0.3, 0.4) is 0 Å². The summed E-state index contributed by atoms with van der Waals surface area (Å²) in [5, 5.41) is 14.7. The average Bonchev–Trinajstić information content (AvgIpc) is 3.41. The first kappa shape index (κ1) is 27.6. The molecule has 3 aromatic heterocycles. The molecule has 4 heterocycles. The molecule has 5 rings (SSSR count). The molecule has 39 heavy (non-hydrogen) atoms. The second kappa shape index (κ2) is 10.6. The smallest absolute Gasteiger partial charge is 0.367 e. The molecular weight excluding hydrogens is 544 g/mol. The number of halogens is 3. The van der Waals surface area contributed by atoms with E-state index in [1.807, 2.05) is 16.7 Å². The minimum absolute atomic E-state index is 0.167. The molecule has 7 nitrogen and oxygen atoms in total. The molecule has 4 aromatic rings. The van der Waals surface area contributed by atoms with Gasteiger partial charge in [-0.3, -0.25) is 4.90 Å². The van der Waals surface area contributed by atoms with Crippen molar-refractivity contribution in [2.75, 3.05) is 31.7 Å². The highest BCUT2D eigenvalue weighted by Crippen LogP contribution is 2.40. The molecule has 1 fully saturated rings. The molecule has 0 bridgehead atoms. The van der Waals surface area contributed by atoms with Gasteiger partial charge >= 0.3 is 6.18 Å². The molecule has 12 heteroatoms. The summed E-state index contributed by atoms with van der Waals surface area (Å²) in [4.78, 5) is 11.7. The fraction of sp³-hybridized carbons (Fsp3) is 0.444. The number of piperidine rings is 1. The van der Waals surface area contributed by atoms with Crippen molar-refractivity contribution in [1.29, 1.82) is 5.26 Å². The lowest BCUT2D eigenvalue weighted by atomic mass is 10.0. The molecule has 1 N–H and O–H groups in total. The Kier molecular flexibility index (Phi) is 7.49. The number of anilines is 1. The summed E-state index contributed by atoms with van der Waals surface area (Å²) in [5.74, 6) is 0.589. The zero-order chi connectivity index (χ0) is 27.9. The summed E-state index contributed by atoms with van der Waals surface area (Å²) < 4.78 is 52.9. The number of likely N-dealkylation sites (tertiary alicyclic amines) is 1. The number of thiophene rings is 1. The van der Waals surface area contributed by atoms with Gasteiger partial charge in [-0.15, -0.1) is 11.3 Å². The molecule has 1 aliphatic heterocycles. The number of aromatic nitrogens is 3. The average molecular weight is 575 g/mol. The van der Waals surface area contributed by atoms with Crippen LogP contribution in [0.25, 0.3) is 21.1 Å². The van der Waals surface area contributed by atoms with Crippen LogP contribution in [0, 0.1) is 18.3 Å². The molecule has 1 aliphatic rings. The number of rotatable bonds is 7. The quantitative estimate of drug-likeness (QED) is 0.251. The summed E-state index contributed by atoms with van der Waals surface area (Å²) in [5.41, 5.74) is 3.78. The number of alkyl halides is 3. The van der Waals surface area contributed by atoms with E-state index in [-0.39, 0.29) is 10.9 Å². The van der Waals surface area contributed by atoms with Crippen LogP contribution in [0.5, 0.6) is 0 Å². The van der Waals surface area contributed by atoms with E-state index in [2.05, 4.69) is 39.2 Å². The van der Waals surface area contributed by atoms with Crippen LogP contribution in [0.1, 0.15) is 34.5 Å². The molecule has 0 aliphatic carbocycles. The number of hydrogen-bond acceptors (Lipinski definition) is 7. The number of nitrogens with zero attached hydrogens (tertiary/aromatic N) is 5. The maximum absolute atomic E-state index is 12.9. The van der Waals surface area contributed by atoms with E-state index >= 15 is 0 Å². The lowest BCUT2D eigenvalue weighted by molar-refractivity contribution is -0.126. The van der Waals surface area contributed by atoms with Crippen molar-refractivity contribution in [3.05, 3.63) is 52.3 Å².